The third-order valence-electron chi connectivity index (χ3n) is 3.94. The Hall–Kier alpha value is -2.13. The fraction of sp³-hybridized carbons (Fsp3) is 0.118. The van der Waals surface area contributed by atoms with E-state index in [4.69, 9.17) is 0 Å². The Bertz CT molecular complexity index is 834. The van der Waals surface area contributed by atoms with E-state index in [9.17, 15) is 4.79 Å². The van der Waals surface area contributed by atoms with Crippen LogP contribution in [0.15, 0.2) is 47.8 Å². The van der Waals surface area contributed by atoms with Gasteiger partial charge in [0.05, 0.1) is 5.69 Å². The first-order valence-corrected chi connectivity index (χ1v) is 7.48. The lowest BCUT2D eigenvalue weighted by molar-refractivity contribution is 0.0993. The van der Waals surface area contributed by atoms with Gasteiger partial charge in [-0.1, -0.05) is 24.3 Å². The third-order valence-corrected chi connectivity index (χ3v) is 4.85. The molecule has 1 amide bonds. The van der Waals surface area contributed by atoms with Gasteiger partial charge in [-0.05, 0) is 39.9 Å². The van der Waals surface area contributed by atoms with Crippen LogP contribution in [0, 0.1) is 0 Å². The summed E-state index contributed by atoms with van der Waals surface area (Å²) in [4.78, 5) is 15.7. The molecule has 2 nitrogen and oxygen atoms in total. The van der Waals surface area contributed by atoms with Crippen molar-refractivity contribution < 1.29 is 4.79 Å². The monoisotopic (exact) mass is 279 g/mol. The van der Waals surface area contributed by atoms with Gasteiger partial charge in [-0.2, -0.15) is 0 Å². The first-order chi connectivity index (χ1) is 9.74. The van der Waals surface area contributed by atoms with Crippen LogP contribution in [0.25, 0.3) is 10.8 Å². The van der Waals surface area contributed by atoms with Crippen LogP contribution in [0.2, 0.25) is 0 Å². The molecule has 1 aromatic heterocycles. The molecule has 2 aromatic carbocycles. The van der Waals surface area contributed by atoms with Gasteiger partial charge in [-0.25, -0.2) is 0 Å². The molecule has 0 bridgehead atoms. The second kappa shape index (κ2) is 4.18. The van der Waals surface area contributed by atoms with Gasteiger partial charge in [0.15, 0.2) is 0 Å². The third kappa shape index (κ3) is 1.60. The molecule has 0 N–H and O–H groups in total. The number of fused-ring (bicyclic) bond motifs is 3. The minimum absolute atomic E-state index is 0.0860. The number of hydrogen-bond acceptors (Lipinski definition) is 2. The SMILES string of the molecule is CN1C(=O)c2cc3ccccc3cc2Cc2sccc21. The van der Waals surface area contributed by atoms with Crippen molar-refractivity contribution in [2.45, 2.75) is 6.42 Å². The number of rotatable bonds is 0. The highest BCUT2D eigenvalue weighted by Crippen LogP contribution is 2.34. The van der Waals surface area contributed by atoms with Gasteiger partial charge in [0.25, 0.3) is 5.91 Å². The van der Waals surface area contributed by atoms with Crippen molar-refractivity contribution in [3.8, 4) is 0 Å². The highest BCUT2D eigenvalue weighted by molar-refractivity contribution is 7.10. The molecule has 0 saturated heterocycles. The standard InChI is InChI=1S/C17H13NOS/c1-18-15-6-7-20-16(15)10-13-8-11-4-2-3-5-12(11)9-14(13)17(18)19/h2-9H,10H2,1H3. The second-order valence-electron chi connectivity index (χ2n) is 5.13. The number of thiophene rings is 1. The molecule has 3 aromatic rings. The molecule has 1 aliphatic rings. The molecular weight excluding hydrogens is 266 g/mol. The summed E-state index contributed by atoms with van der Waals surface area (Å²) < 4.78 is 0. The van der Waals surface area contributed by atoms with Crippen LogP contribution in [0.1, 0.15) is 20.8 Å². The number of benzene rings is 2. The largest absolute Gasteiger partial charge is 0.310 e. The normalized spacial score (nSPS) is 14.1. The number of hydrogen-bond donors (Lipinski definition) is 0. The first kappa shape index (κ1) is 11.7. The second-order valence-corrected chi connectivity index (χ2v) is 6.13. The lowest BCUT2D eigenvalue weighted by Crippen LogP contribution is -2.25. The maximum atomic E-state index is 12.7. The molecule has 0 saturated carbocycles. The summed E-state index contributed by atoms with van der Waals surface area (Å²) in [6, 6.07) is 14.4. The summed E-state index contributed by atoms with van der Waals surface area (Å²) in [6.45, 7) is 0. The number of nitrogens with zero attached hydrogens (tertiary/aromatic N) is 1. The van der Waals surface area contributed by atoms with Gasteiger partial charge in [0.2, 0.25) is 0 Å². The Labute approximate surface area is 121 Å². The summed E-state index contributed by atoms with van der Waals surface area (Å²) in [7, 11) is 1.86. The van der Waals surface area contributed by atoms with Crippen molar-refractivity contribution in [1.82, 2.24) is 0 Å². The average Bonchev–Trinajstić information content (AvgIpc) is 2.90. The Morgan fingerprint density at radius 1 is 1.10 bits per heavy atom. The van der Waals surface area contributed by atoms with Gasteiger partial charge in [-0.15, -0.1) is 11.3 Å². The van der Waals surface area contributed by atoms with Crippen LogP contribution in [0.5, 0.6) is 0 Å². The van der Waals surface area contributed by atoms with E-state index >= 15 is 0 Å². The molecular formula is C17H13NOS. The molecule has 2 heterocycles. The summed E-state index contributed by atoms with van der Waals surface area (Å²) in [5.41, 5.74) is 3.00. The summed E-state index contributed by atoms with van der Waals surface area (Å²) in [6.07, 6.45) is 0.837. The van der Waals surface area contributed by atoms with Gasteiger partial charge in [-0.3, -0.25) is 4.79 Å². The zero-order chi connectivity index (χ0) is 13.7. The Balaban J connectivity index is 2.01. The molecule has 4 rings (SSSR count). The molecule has 0 aliphatic carbocycles. The Morgan fingerprint density at radius 2 is 1.85 bits per heavy atom. The highest BCUT2D eigenvalue weighted by atomic mass is 32.1. The molecule has 0 atom stereocenters. The Kier molecular flexibility index (Phi) is 2.44. The highest BCUT2D eigenvalue weighted by Gasteiger charge is 2.25. The molecule has 0 spiro atoms. The topological polar surface area (TPSA) is 20.3 Å². The average molecular weight is 279 g/mol. The lowest BCUT2D eigenvalue weighted by atomic mass is 9.98. The van der Waals surface area contributed by atoms with E-state index in [1.54, 1.807) is 16.2 Å². The van der Waals surface area contributed by atoms with E-state index in [0.717, 1.165) is 28.6 Å². The van der Waals surface area contributed by atoms with Gasteiger partial charge < -0.3 is 4.90 Å². The van der Waals surface area contributed by atoms with Crippen molar-refractivity contribution >= 4 is 33.7 Å². The van der Waals surface area contributed by atoms with Crippen molar-refractivity contribution in [1.29, 1.82) is 0 Å². The summed E-state index contributed by atoms with van der Waals surface area (Å²) in [5.74, 6) is 0.0860. The fourth-order valence-corrected chi connectivity index (χ4v) is 3.79. The van der Waals surface area contributed by atoms with E-state index < -0.39 is 0 Å². The predicted octanol–water partition coefficient (Wildman–Crippen LogP) is 4.08. The predicted molar refractivity (Wildman–Crippen MR) is 83.8 cm³/mol. The zero-order valence-electron chi connectivity index (χ0n) is 11.1. The number of carbonyl (C=O) groups is 1. The van der Waals surface area contributed by atoms with E-state index in [1.807, 2.05) is 31.3 Å². The molecule has 0 unspecified atom stereocenters. The minimum atomic E-state index is 0.0860. The van der Waals surface area contributed by atoms with Crippen LogP contribution in [0.4, 0.5) is 5.69 Å². The quantitative estimate of drug-likeness (QED) is 0.607. The lowest BCUT2D eigenvalue weighted by Gasteiger charge is -2.15. The molecule has 20 heavy (non-hydrogen) atoms. The van der Waals surface area contributed by atoms with Crippen LogP contribution in [0.3, 0.4) is 0 Å². The van der Waals surface area contributed by atoms with Crippen LogP contribution in [-0.2, 0) is 6.42 Å². The van der Waals surface area contributed by atoms with Crippen LogP contribution in [-0.4, -0.2) is 13.0 Å². The summed E-state index contributed by atoms with van der Waals surface area (Å²) in [5, 5.41) is 4.38. The van der Waals surface area contributed by atoms with Gasteiger partial charge in [0.1, 0.15) is 0 Å². The van der Waals surface area contributed by atoms with Gasteiger partial charge >= 0.3 is 0 Å². The van der Waals surface area contributed by atoms with Crippen molar-refractivity contribution in [2.75, 3.05) is 11.9 Å². The molecule has 1 aliphatic heterocycles. The number of anilines is 1. The van der Waals surface area contributed by atoms with E-state index in [-0.39, 0.29) is 5.91 Å². The van der Waals surface area contributed by atoms with Crippen LogP contribution < -0.4 is 4.90 Å². The fourth-order valence-electron chi connectivity index (χ4n) is 2.86. The number of carbonyl (C=O) groups excluding carboxylic acids is 1. The van der Waals surface area contributed by atoms with Crippen molar-refractivity contribution in [3.05, 3.63) is 63.8 Å². The molecule has 98 valence electrons. The molecule has 0 fully saturated rings. The molecule has 3 heteroatoms. The van der Waals surface area contributed by atoms with Gasteiger partial charge in [0, 0.05) is 23.9 Å². The van der Waals surface area contributed by atoms with E-state index in [1.165, 1.54) is 10.3 Å². The Morgan fingerprint density at radius 3 is 2.65 bits per heavy atom. The summed E-state index contributed by atoms with van der Waals surface area (Å²) >= 11 is 1.72. The maximum absolute atomic E-state index is 12.7. The number of amides is 1. The molecule has 0 radical (unpaired) electrons. The van der Waals surface area contributed by atoms with Crippen molar-refractivity contribution in [2.24, 2.45) is 0 Å². The first-order valence-electron chi connectivity index (χ1n) is 6.60. The zero-order valence-corrected chi connectivity index (χ0v) is 11.9. The smallest absolute Gasteiger partial charge is 0.258 e. The van der Waals surface area contributed by atoms with E-state index in [2.05, 4.69) is 23.6 Å². The van der Waals surface area contributed by atoms with Crippen molar-refractivity contribution in [3.63, 3.8) is 0 Å². The minimum Gasteiger partial charge on any atom is -0.310 e. The van der Waals surface area contributed by atoms with Crippen LogP contribution >= 0.6 is 11.3 Å². The van der Waals surface area contributed by atoms with E-state index in [0.29, 0.717) is 0 Å². The maximum Gasteiger partial charge on any atom is 0.258 e.